The molecular weight excluding hydrogens is 293 g/mol. The summed E-state index contributed by atoms with van der Waals surface area (Å²) in [5.74, 6) is -0.570. The first-order valence-corrected chi connectivity index (χ1v) is 6.59. The predicted octanol–water partition coefficient (Wildman–Crippen LogP) is 3.96. The topological polar surface area (TPSA) is 29.1 Å². The molecule has 18 heavy (non-hydrogen) atoms. The van der Waals surface area contributed by atoms with Crippen LogP contribution in [0.25, 0.3) is 5.70 Å². The standard InChI is InChI=1S/C13H14Cl3NO/c1-9(2)17-11(8-12(18)13(14,15)16)10-6-4-3-5-7-10/h3-9,17H,1-2H3/b11-8-. The van der Waals surface area contributed by atoms with Gasteiger partial charge >= 0.3 is 0 Å². The Morgan fingerprint density at radius 2 is 1.78 bits per heavy atom. The maximum absolute atomic E-state index is 11.7. The van der Waals surface area contributed by atoms with Crippen LogP contribution in [-0.4, -0.2) is 15.6 Å². The highest BCUT2D eigenvalue weighted by Crippen LogP contribution is 2.28. The summed E-state index contributed by atoms with van der Waals surface area (Å²) >= 11 is 16.7. The molecule has 0 aliphatic heterocycles. The third-order valence-electron chi connectivity index (χ3n) is 2.08. The minimum Gasteiger partial charge on any atom is -0.382 e. The monoisotopic (exact) mass is 305 g/mol. The van der Waals surface area contributed by atoms with Gasteiger partial charge in [-0.1, -0.05) is 65.1 Å². The molecule has 0 aliphatic rings. The lowest BCUT2D eigenvalue weighted by Crippen LogP contribution is -2.24. The van der Waals surface area contributed by atoms with E-state index in [4.69, 9.17) is 34.8 Å². The van der Waals surface area contributed by atoms with Crippen molar-refractivity contribution in [2.24, 2.45) is 0 Å². The van der Waals surface area contributed by atoms with Crippen LogP contribution in [0.3, 0.4) is 0 Å². The molecule has 1 rings (SSSR count). The van der Waals surface area contributed by atoms with E-state index in [9.17, 15) is 4.79 Å². The quantitative estimate of drug-likeness (QED) is 0.674. The van der Waals surface area contributed by atoms with Gasteiger partial charge in [0, 0.05) is 17.8 Å². The molecule has 0 amide bonds. The van der Waals surface area contributed by atoms with E-state index in [0.29, 0.717) is 5.70 Å². The maximum atomic E-state index is 11.7. The van der Waals surface area contributed by atoms with Gasteiger partial charge in [-0.05, 0) is 19.4 Å². The van der Waals surface area contributed by atoms with E-state index in [2.05, 4.69) is 5.32 Å². The summed E-state index contributed by atoms with van der Waals surface area (Å²) in [6.45, 7) is 3.94. The number of rotatable bonds is 4. The molecule has 0 saturated heterocycles. The van der Waals surface area contributed by atoms with E-state index in [1.54, 1.807) is 0 Å². The van der Waals surface area contributed by atoms with Crippen molar-refractivity contribution < 1.29 is 4.79 Å². The molecular formula is C13H14Cl3NO. The Balaban J connectivity index is 3.07. The molecule has 0 fully saturated rings. The maximum Gasteiger partial charge on any atom is 0.252 e. The van der Waals surface area contributed by atoms with Gasteiger partial charge in [-0.3, -0.25) is 4.79 Å². The van der Waals surface area contributed by atoms with E-state index in [0.717, 1.165) is 5.56 Å². The molecule has 0 heterocycles. The Hall–Kier alpha value is -0.700. The molecule has 0 saturated carbocycles. The molecule has 1 aromatic carbocycles. The molecule has 0 unspecified atom stereocenters. The van der Waals surface area contributed by atoms with Crippen LogP contribution >= 0.6 is 34.8 Å². The van der Waals surface area contributed by atoms with E-state index in [1.165, 1.54) is 6.08 Å². The molecule has 0 aromatic heterocycles. The number of ketones is 1. The zero-order chi connectivity index (χ0) is 13.8. The van der Waals surface area contributed by atoms with Gasteiger partial charge in [0.15, 0.2) is 0 Å². The van der Waals surface area contributed by atoms with E-state index in [1.807, 2.05) is 44.2 Å². The lowest BCUT2D eigenvalue weighted by molar-refractivity contribution is -0.113. The van der Waals surface area contributed by atoms with Gasteiger partial charge in [-0.15, -0.1) is 0 Å². The Morgan fingerprint density at radius 3 is 2.22 bits per heavy atom. The summed E-state index contributed by atoms with van der Waals surface area (Å²) in [5, 5.41) is 3.16. The Labute approximate surface area is 122 Å². The molecule has 0 spiro atoms. The number of carbonyl (C=O) groups excluding carboxylic acids is 1. The smallest absolute Gasteiger partial charge is 0.252 e. The van der Waals surface area contributed by atoms with Gasteiger partial charge in [0.25, 0.3) is 3.79 Å². The van der Waals surface area contributed by atoms with Crippen molar-refractivity contribution in [3.63, 3.8) is 0 Å². The van der Waals surface area contributed by atoms with Gasteiger partial charge < -0.3 is 5.32 Å². The van der Waals surface area contributed by atoms with Crippen LogP contribution < -0.4 is 5.32 Å². The molecule has 0 radical (unpaired) electrons. The van der Waals surface area contributed by atoms with Crippen molar-refractivity contribution in [1.29, 1.82) is 0 Å². The number of hydrogen-bond donors (Lipinski definition) is 1. The minimum atomic E-state index is -1.93. The van der Waals surface area contributed by atoms with Crippen molar-refractivity contribution in [2.75, 3.05) is 0 Å². The second kappa shape index (κ2) is 6.46. The van der Waals surface area contributed by atoms with Crippen LogP contribution in [0.15, 0.2) is 36.4 Å². The average Bonchev–Trinajstić information content (AvgIpc) is 2.27. The van der Waals surface area contributed by atoms with Crippen molar-refractivity contribution in [2.45, 2.75) is 23.7 Å². The normalized spacial score (nSPS) is 12.7. The number of hydrogen-bond acceptors (Lipinski definition) is 2. The molecule has 0 atom stereocenters. The van der Waals surface area contributed by atoms with Crippen LogP contribution in [0.2, 0.25) is 0 Å². The number of benzene rings is 1. The van der Waals surface area contributed by atoms with Crippen molar-refractivity contribution in [3.05, 3.63) is 42.0 Å². The highest BCUT2D eigenvalue weighted by molar-refractivity contribution is 6.77. The van der Waals surface area contributed by atoms with Crippen LogP contribution in [-0.2, 0) is 4.79 Å². The second-order valence-corrected chi connectivity index (χ2v) is 6.37. The summed E-state index contributed by atoms with van der Waals surface area (Å²) < 4.78 is -1.93. The zero-order valence-corrected chi connectivity index (χ0v) is 12.4. The summed E-state index contributed by atoms with van der Waals surface area (Å²) in [6.07, 6.45) is 1.32. The predicted molar refractivity (Wildman–Crippen MR) is 78.0 cm³/mol. The molecule has 0 bridgehead atoms. The number of allylic oxidation sites excluding steroid dienone is 1. The molecule has 5 heteroatoms. The summed E-state index contributed by atoms with van der Waals surface area (Å²) in [6, 6.07) is 9.59. The van der Waals surface area contributed by atoms with Crippen LogP contribution in [0.4, 0.5) is 0 Å². The fraction of sp³-hybridized carbons (Fsp3) is 0.308. The van der Waals surface area contributed by atoms with Gasteiger partial charge in [-0.2, -0.15) is 0 Å². The van der Waals surface area contributed by atoms with E-state index in [-0.39, 0.29) is 6.04 Å². The van der Waals surface area contributed by atoms with Gasteiger partial charge in [0.2, 0.25) is 5.78 Å². The van der Waals surface area contributed by atoms with E-state index < -0.39 is 9.58 Å². The summed E-state index contributed by atoms with van der Waals surface area (Å²) in [4.78, 5) is 11.7. The Bertz CT molecular complexity index is 435. The van der Waals surface area contributed by atoms with Crippen LogP contribution in [0.5, 0.6) is 0 Å². The molecule has 2 nitrogen and oxygen atoms in total. The van der Waals surface area contributed by atoms with Gasteiger partial charge in [-0.25, -0.2) is 0 Å². The first-order valence-electron chi connectivity index (χ1n) is 5.45. The van der Waals surface area contributed by atoms with Crippen LogP contribution in [0, 0.1) is 0 Å². The highest BCUT2D eigenvalue weighted by atomic mass is 35.6. The lowest BCUT2D eigenvalue weighted by Gasteiger charge is -2.15. The average molecular weight is 307 g/mol. The number of halogens is 3. The number of alkyl halides is 3. The first kappa shape index (κ1) is 15.4. The van der Waals surface area contributed by atoms with Crippen molar-refractivity contribution in [3.8, 4) is 0 Å². The second-order valence-electron chi connectivity index (χ2n) is 4.09. The third-order valence-corrected chi connectivity index (χ3v) is 2.64. The van der Waals surface area contributed by atoms with Crippen molar-refractivity contribution in [1.82, 2.24) is 5.32 Å². The summed E-state index contributed by atoms with van der Waals surface area (Å²) in [7, 11) is 0. The lowest BCUT2D eigenvalue weighted by atomic mass is 10.1. The largest absolute Gasteiger partial charge is 0.382 e. The highest BCUT2D eigenvalue weighted by Gasteiger charge is 2.29. The van der Waals surface area contributed by atoms with Gasteiger partial charge in [0.1, 0.15) is 0 Å². The fourth-order valence-electron chi connectivity index (χ4n) is 1.35. The van der Waals surface area contributed by atoms with Gasteiger partial charge in [0.05, 0.1) is 0 Å². The minimum absolute atomic E-state index is 0.166. The fourth-order valence-corrected chi connectivity index (χ4v) is 1.51. The number of carbonyl (C=O) groups is 1. The first-order chi connectivity index (χ1) is 8.30. The molecule has 0 aliphatic carbocycles. The molecule has 1 N–H and O–H groups in total. The molecule has 98 valence electrons. The summed E-state index contributed by atoms with van der Waals surface area (Å²) in [5.41, 5.74) is 1.51. The number of nitrogens with one attached hydrogen (secondary N) is 1. The Morgan fingerprint density at radius 1 is 1.22 bits per heavy atom. The van der Waals surface area contributed by atoms with Crippen molar-refractivity contribution >= 4 is 46.3 Å². The Kier molecular flexibility index (Phi) is 5.51. The van der Waals surface area contributed by atoms with Crippen LogP contribution in [0.1, 0.15) is 19.4 Å². The third kappa shape index (κ3) is 4.89. The zero-order valence-electron chi connectivity index (χ0n) is 10.1. The SMILES string of the molecule is CC(C)N/C(=C\C(=O)C(Cl)(Cl)Cl)c1ccccc1. The van der Waals surface area contributed by atoms with E-state index >= 15 is 0 Å². The molecule has 1 aromatic rings.